The van der Waals surface area contributed by atoms with Gasteiger partial charge >= 0.3 is 12.1 Å². The van der Waals surface area contributed by atoms with Crippen LogP contribution in [0.4, 0.5) is 4.79 Å². The van der Waals surface area contributed by atoms with E-state index in [1.165, 1.54) is 6.42 Å². The van der Waals surface area contributed by atoms with Crippen LogP contribution in [0.25, 0.3) is 0 Å². The van der Waals surface area contributed by atoms with E-state index >= 15 is 0 Å². The summed E-state index contributed by atoms with van der Waals surface area (Å²) in [7, 11) is 0. The lowest BCUT2D eigenvalue weighted by molar-refractivity contribution is -0.169. The summed E-state index contributed by atoms with van der Waals surface area (Å²) in [5, 5.41) is 12.7. The third-order valence-electron chi connectivity index (χ3n) is 5.74. The van der Waals surface area contributed by atoms with Gasteiger partial charge in [-0.05, 0) is 56.3 Å². The lowest BCUT2D eigenvalue weighted by Gasteiger charge is -2.58. The number of hydrogen-bond acceptors (Lipinski definition) is 3. The van der Waals surface area contributed by atoms with Gasteiger partial charge in [-0.1, -0.05) is 13.3 Å². The highest BCUT2D eigenvalue weighted by atomic mass is 16.5. The number of carbonyl (C=O) groups is 2. The summed E-state index contributed by atoms with van der Waals surface area (Å²) < 4.78 is 5.17. The van der Waals surface area contributed by atoms with Crippen LogP contribution in [0, 0.1) is 23.2 Å². The van der Waals surface area contributed by atoms with Gasteiger partial charge in [-0.25, -0.2) is 4.79 Å². The van der Waals surface area contributed by atoms with Crippen molar-refractivity contribution < 1.29 is 19.4 Å². The summed E-state index contributed by atoms with van der Waals surface area (Å²) in [6.45, 7) is 2.45. The van der Waals surface area contributed by atoms with E-state index in [1.54, 1.807) is 0 Å². The lowest BCUT2D eigenvalue weighted by atomic mass is 9.47. The van der Waals surface area contributed by atoms with Crippen LogP contribution in [0.5, 0.6) is 0 Å². The largest absolute Gasteiger partial charge is 0.481 e. The van der Waals surface area contributed by atoms with Gasteiger partial charge in [0.2, 0.25) is 0 Å². The second-order valence-corrected chi connectivity index (χ2v) is 7.18. The van der Waals surface area contributed by atoms with E-state index < -0.39 is 17.5 Å². The van der Waals surface area contributed by atoms with Gasteiger partial charge in [0.15, 0.2) is 0 Å². The van der Waals surface area contributed by atoms with Crippen LogP contribution in [0.2, 0.25) is 0 Å². The fourth-order valence-corrected chi connectivity index (χ4v) is 5.08. The summed E-state index contributed by atoms with van der Waals surface area (Å²) in [4.78, 5) is 23.9. The van der Waals surface area contributed by atoms with Gasteiger partial charge in [-0.3, -0.25) is 4.79 Å². The van der Waals surface area contributed by atoms with Crippen LogP contribution in [0.3, 0.4) is 0 Å². The SMILES string of the molecule is CCCCOC(=O)NC1C2CC3CC(C2)CC1(C(=O)O)C3. The van der Waals surface area contributed by atoms with Gasteiger partial charge in [0.25, 0.3) is 0 Å². The number of amides is 1. The summed E-state index contributed by atoms with van der Waals surface area (Å²) in [6.07, 6.45) is 6.11. The predicted octanol–water partition coefficient (Wildman–Crippen LogP) is 2.79. The standard InChI is InChI=1S/C16H25NO4/c1-2-3-4-21-15(20)17-13-12-6-10-5-11(7-12)9-16(13,8-10)14(18)19/h10-13H,2-9H2,1H3,(H,17,20)(H,18,19). The molecule has 5 heteroatoms. The highest BCUT2D eigenvalue weighted by Crippen LogP contribution is 2.60. The Morgan fingerprint density at radius 1 is 1.24 bits per heavy atom. The molecule has 3 atom stereocenters. The smallest absolute Gasteiger partial charge is 0.407 e. The number of nitrogens with one attached hydrogen (secondary N) is 1. The Labute approximate surface area is 125 Å². The molecule has 0 aromatic heterocycles. The summed E-state index contributed by atoms with van der Waals surface area (Å²) in [6, 6.07) is -0.253. The Hall–Kier alpha value is -1.26. The maximum absolute atomic E-state index is 11.9. The van der Waals surface area contributed by atoms with E-state index in [0.29, 0.717) is 24.4 Å². The number of rotatable bonds is 5. The monoisotopic (exact) mass is 295 g/mol. The first kappa shape index (κ1) is 14.7. The predicted molar refractivity (Wildman–Crippen MR) is 76.8 cm³/mol. The van der Waals surface area contributed by atoms with Gasteiger partial charge in [-0.15, -0.1) is 0 Å². The van der Waals surface area contributed by atoms with Crippen LogP contribution < -0.4 is 5.32 Å². The number of carboxylic acids is 1. The zero-order chi connectivity index (χ0) is 15.0. The normalized spacial score (nSPS) is 40.0. The number of ether oxygens (including phenoxy) is 1. The first-order chi connectivity index (χ1) is 10.0. The molecule has 0 saturated heterocycles. The second-order valence-electron chi connectivity index (χ2n) is 7.18. The molecule has 1 amide bonds. The topological polar surface area (TPSA) is 75.6 Å². The third kappa shape index (κ3) is 2.51. The summed E-state index contributed by atoms with van der Waals surface area (Å²) >= 11 is 0. The van der Waals surface area contributed by atoms with Crippen LogP contribution >= 0.6 is 0 Å². The molecule has 4 aliphatic rings. The lowest BCUT2D eigenvalue weighted by Crippen LogP contribution is -2.65. The van der Waals surface area contributed by atoms with Crippen molar-refractivity contribution in [3.63, 3.8) is 0 Å². The number of carboxylic acid groups (broad SMARTS) is 1. The Morgan fingerprint density at radius 2 is 1.90 bits per heavy atom. The molecule has 0 heterocycles. The third-order valence-corrected chi connectivity index (χ3v) is 5.74. The van der Waals surface area contributed by atoms with Crippen LogP contribution in [-0.2, 0) is 9.53 Å². The van der Waals surface area contributed by atoms with Crippen molar-refractivity contribution >= 4 is 12.1 Å². The highest BCUT2D eigenvalue weighted by Gasteiger charge is 2.61. The molecule has 2 N–H and O–H groups in total. The van der Waals surface area contributed by atoms with Gasteiger partial charge < -0.3 is 15.2 Å². The molecule has 0 aliphatic heterocycles. The Bertz CT molecular complexity index is 422. The number of hydrogen-bond donors (Lipinski definition) is 2. The minimum atomic E-state index is -0.751. The fourth-order valence-electron chi connectivity index (χ4n) is 5.08. The molecule has 3 unspecified atom stereocenters. The van der Waals surface area contributed by atoms with E-state index in [-0.39, 0.29) is 6.04 Å². The van der Waals surface area contributed by atoms with E-state index in [1.807, 2.05) is 6.92 Å². The zero-order valence-electron chi connectivity index (χ0n) is 12.6. The molecule has 4 bridgehead atoms. The molecule has 4 fully saturated rings. The van der Waals surface area contributed by atoms with Crippen molar-refractivity contribution in [3.8, 4) is 0 Å². The molecule has 4 saturated carbocycles. The van der Waals surface area contributed by atoms with E-state index in [0.717, 1.165) is 38.5 Å². The first-order valence-electron chi connectivity index (χ1n) is 8.22. The number of unbranched alkanes of at least 4 members (excludes halogenated alkanes) is 1. The van der Waals surface area contributed by atoms with Crippen molar-refractivity contribution in [1.82, 2.24) is 5.32 Å². The molecule has 0 spiro atoms. The maximum atomic E-state index is 11.9. The van der Waals surface area contributed by atoms with Crippen molar-refractivity contribution in [3.05, 3.63) is 0 Å². The van der Waals surface area contributed by atoms with E-state index in [9.17, 15) is 14.7 Å². The molecule has 4 aliphatic carbocycles. The summed E-state index contributed by atoms with van der Waals surface area (Å²) in [5.41, 5.74) is -0.751. The van der Waals surface area contributed by atoms with Gasteiger partial charge in [0.1, 0.15) is 0 Å². The molecule has 118 valence electrons. The first-order valence-corrected chi connectivity index (χ1v) is 8.22. The van der Waals surface area contributed by atoms with E-state index in [4.69, 9.17) is 4.74 Å². The fraction of sp³-hybridized carbons (Fsp3) is 0.875. The average molecular weight is 295 g/mol. The zero-order valence-corrected chi connectivity index (χ0v) is 12.6. The quantitative estimate of drug-likeness (QED) is 0.765. The second kappa shape index (κ2) is 5.50. The molecule has 5 nitrogen and oxygen atoms in total. The van der Waals surface area contributed by atoms with Crippen molar-refractivity contribution in [1.29, 1.82) is 0 Å². The molecule has 4 rings (SSSR count). The van der Waals surface area contributed by atoms with Crippen molar-refractivity contribution in [2.45, 2.75) is 57.9 Å². The molecule has 21 heavy (non-hydrogen) atoms. The molecular weight excluding hydrogens is 270 g/mol. The number of aliphatic carboxylic acids is 1. The molecule has 0 radical (unpaired) electrons. The number of carbonyl (C=O) groups excluding carboxylic acids is 1. The van der Waals surface area contributed by atoms with Crippen LogP contribution in [0.1, 0.15) is 51.9 Å². The van der Waals surface area contributed by atoms with Gasteiger partial charge in [-0.2, -0.15) is 0 Å². The highest BCUT2D eigenvalue weighted by molar-refractivity contribution is 5.78. The molecule has 0 aromatic carbocycles. The van der Waals surface area contributed by atoms with Crippen LogP contribution in [0.15, 0.2) is 0 Å². The number of alkyl carbamates (subject to hydrolysis) is 1. The minimum Gasteiger partial charge on any atom is -0.481 e. The Balaban J connectivity index is 1.71. The maximum Gasteiger partial charge on any atom is 0.407 e. The average Bonchev–Trinajstić information content (AvgIpc) is 2.42. The van der Waals surface area contributed by atoms with Crippen LogP contribution in [-0.4, -0.2) is 29.8 Å². The Kier molecular flexibility index (Phi) is 3.84. The minimum absolute atomic E-state index is 0.253. The molecule has 0 aromatic rings. The van der Waals surface area contributed by atoms with E-state index in [2.05, 4.69) is 5.32 Å². The van der Waals surface area contributed by atoms with Gasteiger partial charge in [0.05, 0.1) is 18.1 Å². The molecular formula is C16H25NO4. The summed E-state index contributed by atoms with van der Waals surface area (Å²) in [5.74, 6) is 0.645. The van der Waals surface area contributed by atoms with Crippen molar-refractivity contribution in [2.75, 3.05) is 6.61 Å². The Morgan fingerprint density at radius 3 is 2.48 bits per heavy atom. The van der Waals surface area contributed by atoms with Gasteiger partial charge in [0, 0.05) is 0 Å². The van der Waals surface area contributed by atoms with Crippen molar-refractivity contribution in [2.24, 2.45) is 23.2 Å².